The minimum atomic E-state index is -0.370. The van der Waals surface area contributed by atoms with Gasteiger partial charge in [-0.2, -0.15) is 0 Å². The first-order chi connectivity index (χ1) is 8.27. The van der Waals surface area contributed by atoms with E-state index in [4.69, 9.17) is 9.84 Å². The number of methoxy groups -OCH3 is 1. The Hall–Kier alpha value is -1.62. The monoisotopic (exact) mass is 240 g/mol. The molecule has 1 aliphatic carbocycles. The second-order valence-corrected chi connectivity index (χ2v) is 3.67. The summed E-state index contributed by atoms with van der Waals surface area (Å²) >= 11 is 0. The Morgan fingerprint density at radius 3 is 2.82 bits per heavy atom. The molecule has 0 aromatic carbocycles. The Kier molecular flexibility index (Phi) is 4.90. The van der Waals surface area contributed by atoms with E-state index in [0.717, 1.165) is 19.0 Å². The third kappa shape index (κ3) is 2.55. The van der Waals surface area contributed by atoms with E-state index in [1.54, 1.807) is 0 Å². The molecule has 0 fully saturated rings. The fourth-order valence-electron chi connectivity index (χ4n) is 2.15. The molecule has 2 rings (SSSR count). The lowest BCUT2D eigenvalue weighted by Gasteiger charge is -2.26. The lowest BCUT2D eigenvalue weighted by molar-refractivity contribution is -0.137. The number of hydrogen-bond donors (Lipinski definition) is 1. The fraction of sp³-hybridized carbons (Fsp3) is 0.500. The summed E-state index contributed by atoms with van der Waals surface area (Å²) in [7, 11) is 2.34. The highest BCUT2D eigenvalue weighted by Crippen LogP contribution is 2.39. The molecule has 0 radical (unpaired) electrons. The lowest BCUT2D eigenvalue weighted by atomic mass is 9.85. The number of aliphatic hydroxyl groups is 1. The van der Waals surface area contributed by atoms with E-state index in [-0.39, 0.29) is 17.8 Å². The second-order valence-electron chi connectivity index (χ2n) is 3.67. The summed E-state index contributed by atoms with van der Waals surface area (Å²) in [5.41, 5.74) is 1.26. The van der Waals surface area contributed by atoms with Gasteiger partial charge in [-0.3, -0.25) is 4.79 Å². The number of aldehydes is 1. The first kappa shape index (κ1) is 13.4. The van der Waals surface area contributed by atoms with Gasteiger partial charge in [0.15, 0.2) is 0 Å². The zero-order valence-corrected chi connectivity index (χ0v) is 9.88. The number of esters is 1. The van der Waals surface area contributed by atoms with Gasteiger partial charge in [-0.15, -0.1) is 0 Å². The molecule has 2 atom stereocenters. The minimum absolute atomic E-state index is 0.0154. The molecule has 0 aromatic rings. The minimum Gasteiger partial charge on any atom is -0.500 e. The highest BCUT2D eigenvalue weighted by molar-refractivity contribution is 5.90. The Bertz CT molecular complexity index is 356. The van der Waals surface area contributed by atoms with E-state index in [9.17, 15) is 9.59 Å². The average Bonchev–Trinajstić information content (AvgIpc) is 2.83. The number of aliphatic hydroxyl groups excluding tert-OH is 1. The van der Waals surface area contributed by atoms with Gasteiger partial charge in [-0.25, -0.2) is 4.79 Å². The van der Waals surface area contributed by atoms with E-state index < -0.39 is 0 Å². The molecule has 0 saturated heterocycles. The molecule has 1 heterocycles. The van der Waals surface area contributed by atoms with Crippen molar-refractivity contribution in [3.63, 3.8) is 0 Å². The van der Waals surface area contributed by atoms with Gasteiger partial charge >= 0.3 is 5.97 Å². The van der Waals surface area contributed by atoms with Gasteiger partial charge in [0, 0.05) is 18.9 Å². The molecule has 17 heavy (non-hydrogen) atoms. The van der Waals surface area contributed by atoms with Crippen LogP contribution in [-0.4, -0.2) is 38.2 Å². The van der Waals surface area contributed by atoms with E-state index in [1.807, 2.05) is 6.08 Å². The van der Waals surface area contributed by atoms with Crippen LogP contribution >= 0.6 is 0 Å². The Labute approximate surface area is 99.7 Å². The third-order valence-electron chi connectivity index (χ3n) is 2.96. The molecular formula is C12H16O5. The van der Waals surface area contributed by atoms with Crippen LogP contribution in [0.25, 0.3) is 0 Å². The number of rotatable bonds is 2. The van der Waals surface area contributed by atoms with Crippen molar-refractivity contribution in [3.8, 4) is 0 Å². The molecule has 94 valence electrons. The van der Waals surface area contributed by atoms with Gasteiger partial charge in [0.25, 0.3) is 0 Å². The molecule has 0 amide bonds. The fourth-order valence-corrected chi connectivity index (χ4v) is 2.15. The van der Waals surface area contributed by atoms with Crippen LogP contribution in [0.3, 0.4) is 0 Å². The Morgan fingerprint density at radius 1 is 1.53 bits per heavy atom. The third-order valence-corrected chi connectivity index (χ3v) is 2.96. The number of fused-ring (bicyclic) bond motifs is 1. The van der Waals surface area contributed by atoms with Gasteiger partial charge in [0.2, 0.25) is 0 Å². The first-order valence-corrected chi connectivity index (χ1v) is 5.28. The van der Waals surface area contributed by atoms with Gasteiger partial charge < -0.3 is 14.6 Å². The van der Waals surface area contributed by atoms with Crippen molar-refractivity contribution < 1.29 is 24.2 Å². The summed E-state index contributed by atoms with van der Waals surface area (Å²) in [6, 6.07) is 0. The van der Waals surface area contributed by atoms with Crippen molar-refractivity contribution in [2.24, 2.45) is 11.8 Å². The largest absolute Gasteiger partial charge is 0.500 e. The zero-order chi connectivity index (χ0) is 12.8. The summed E-state index contributed by atoms with van der Waals surface area (Å²) in [5, 5.41) is 7.00. The maximum Gasteiger partial charge on any atom is 0.337 e. The molecule has 0 bridgehead atoms. The second kappa shape index (κ2) is 6.20. The van der Waals surface area contributed by atoms with Crippen LogP contribution in [-0.2, 0) is 19.1 Å². The average molecular weight is 240 g/mol. The van der Waals surface area contributed by atoms with Crippen molar-refractivity contribution in [1.29, 1.82) is 0 Å². The van der Waals surface area contributed by atoms with Crippen molar-refractivity contribution in [1.82, 2.24) is 0 Å². The molecule has 1 aliphatic heterocycles. The van der Waals surface area contributed by atoms with Crippen LogP contribution in [0.15, 0.2) is 23.5 Å². The zero-order valence-electron chi connectivity index (χ0n) is 9.88. The van der Waals surface area contributed by atoms with Crippen molar-refractivity contribution >= 4 is 12.3 Å². The standard InChI is InChI=1S/C11H12O4.CH4O/c1-14-11(13)10-6-15-5-9-7(4-12)2-3-8(9)10;1-2/h2,4,6,8-9H,3,5H2,1H3;2H,1H3. The van der Waals surface area contributed by atoms with Gasteiger partial charge in [0.05, 0.1) is 25.6 Å². The topological polar surface area (TPSA) is 72.8 Å². The number of ether oxygens (including phenoxy) is 2. The molecule has 5 heteroatoms. The summed E-state index contributed by atoms with van der Waals surface area (Å²) < 4.78 is 9.86. The van der Waals surface area contributed by atoms with Crippen LogP contribution in [0.5, 0.6) is 0 Å². The molecule has 0 saturated carbocycles. The van der Waals surface area contributed by atoms with Crippen LogP contribution in [0.4, 0.5) is 0 Å². The lowest BCUT2D eigenvalue weighted by Crippen LogP contribution is -2.27. The SMILES string of the molecule is CO.COC(=O)C1=COCC2C(C=O)=CCC12. The van der Waals surface area contributed by atoms with Crippen LogP contribution < -0.4 is 0 Å². The predicted octanol–water partition coefficient (Wildman–Crippen LogP) is 0.443. The number of hydrogen-bond acceptors (Lipinski definition) is 5. The van der Waals surface area contributed by atoms with Gasteiger partial charge in [-0.1, -0.05) is 6.08 Å². The van der Waals surface area contributed by atoms with Crippen molar-refractivity contribution in [2.45, 2.75) is 6.42 Å². The van der Waals surface area contributed by atoms with Crippen molar-refractivity contribution in [3.05, 3.63) is 23.5 Å². The van der Waals surface area contributed by atoms with Crippen molar-refractivity contribution in [2.75, 3.05) is 20.8 Å². The molecule has 0 spiro atoms. The molecule has 2 aliphatic rings. The smallest absolute Gasteiger partial charge is 0.337 e. The molecule has 5 nitrogen and oxygen atoms in total. The normalized spacial score (nSPS) is 25.4. The van der Waals surface area contributed by atoms with Gasteiger partial charge in [0.1, 0.15) is 6.29 Å². The molecule has 1 N–H and O–H groups in total. The number of carbonyl (C=O) groups excluding carboxylic acids is 2. The predicted molar refractivity (Wildman–Crippen MR) is 59.9 cm³/mol. The number of allylic oxidation sites excluding steroid dienone is 1. The molecule has 0 aromatic heterocycles. The van der Waals surface area contributed by atoms with Gasteiger partial charge in [-0.05, 0) is 12.0 Å². The Morgan fingerprint density at radius 2 is 2.24 bits per heavy atom. The van der Waals surface area contributed by atoms with E-state index in [0.29, 0.717) is 18.6 Å². The summed E-state index contributed by atoms with van der Waals surface area (Å²) in [4.78, 5) is 22.2. The quantitative estimate of drug-likeness (QED) is 0.560. The van der Waals surface area contributed by atoms with Crippen LogP contribution in [0.1, 0.15) is 6.42 Å². The molecular weight excluding hydrogens is 224 g/mol. The summed E-state index contributed by atoms with van der Waals surface area (Å²) in [6.45, 7) is 0.468. The highest BCUT2D eigenvalue weighted by atomic mass is 16.5. The summed E-state index contributed by atoms with van der Waals surface area (Å²) in [5.74, 6) is -0.307. The highest BCUT2D eigenvalue weighted by Gasteiger charge is 2.38. The number of carbonyl (C=O) groups is 2. The van der Waals surface area contributed by atoms with Crippen LogP contribution in [0, 0.1) is 11.8 Å². The van der Waals surface area contributed by atoms with E-state index >= 15 is 0 Å². The summed E-state index contributed by atoms with van der Waals surface area (Å²) in [6.07, 6.45) is 4.87. The van der Waals surface area contributed by atoms with E-state index in [2.05, 4.69) is 4.74 Å². The maximum atomic E-state index is 11.4. The van der Waals surface area contributed by atoms with Crippen LogP contribution in [0.2, 0.25) is 0 Å². The molecule has 2 unspecified atom stereocenters. The Balaban J connectivity index is 0.000000686. The van der Waals surface area contributed by atoms with E-state index in [1.165, 1.54) is 13.4 Å². The first-order valence-electron chi connectivity index (χ1n) is 5.28. The maximum absolute atomic E-state index is 11.4.